The van der Waals surface area contributed by atoms with Gasteiger partial charge in [-0.15, -0.1) is 0 Å². The van der Waals surface area contributed by atoms with Crippen molar-refractivity contribution in [3.8, 4) is 0 Å². The van der Waals surface area contributed by atoms with E-state index in [4.69, 9.17) is 0 Å². The summed E-state index contributed by atoms with van der Waals surface area (Å²) >= 11 is 1.58. The molecular weight excluding hydrogens is 271 g/mol. The van der Waals surface area contributed by atoms with Crippen LogP contribution in [0.5, 0.6) is 0 Å². The van der Waals surface area contributed by atoms with Crippen LogP contribution in [0.1, 0.15) is 20.8 Å². The van der Waals surface area contributed by atoms with Crippen molar-refractivity contribution in [1.82, 2.24) is 0 Å². The minimum absolute atomic E-state index is 0.809. The quantitative estimate of drug-likeness (QED) is 0.691. The predicted molar refractivity (Wildman–Crippen MR) is 69.6 cm³/mol. The van der Waals surface area contributed by atoms with Gasteiger partial charge in [-0.25, -0.2) is 24.3 Å². The molecule has 2 aromatic rings. The van der Waals surface area contributed by atoms with Gasteiger partial charge in [0.15, 0.2) is 0 Å². The summed E-state index contributed by atoms with van der Waals surface area (Å²) in [5.41, 5.74) is 0. The van der Waals surface area contributed by atoms with Crippen LogP contribution in [-0.4, -0.2) is 3.21 Å². The number of rotatable bonds is 1. The molecule has 0 aliphatic carbocycles. The molecule has 0 saturated carbocycles. The van der Waals surface area contributed by atoms with Gasteiger partial charge >= 0.3 is 54.1 Å². The average molecular weight is 292 g/mol. The van der Waals surface area contributed by atoms with Crippen LogP contribution in [0.25, 0.3) is 0 Å². The molecule has 0 amide bonds. The van der Waals surface area contributed by atoms with Crippen LogP contribution in [0.2, 0.25) is 0 Å². The van der Waals surface area contributed by atoms with Crippen molar-refractivity contribution in [3.05, 3.63) is 60.7 Å². The fourth-order valence-corrected chi connectivity index (χ4v) is 0.642. The van der Waals surface area contributed by atoms with Crippen molar-refractivity contribution in [2.75, 3.05) is 0 Å². The van der Waals surface area contributed by atoms with Gasteiger partial charge in [-0.2, -0.15) is 36.4 Å². The van der Waals surface area contributed by atoms with Gasteiger partial charge in [0.25, 0.3) is 0 Å². The van der Waals surface area contributed by atoms with E-state index in [9.17, 15) is 0 Å². The third-order valence-corrected chi connectivity index (χ3v) is 3.40. The van der Waals surface area contributed by atoms with Crippen LogP contribution in [0.15, 0.2) is 60.7 Å². The Bertz CT molecular complexity index is 254. The normalized spacial score (nSPS) is 8.62. The Kier molecular flexibility index (Phi) is 10.6. The molecule has 16 heavy (non-hydrogen) atoms. The van der Waals surface area contributed by atoms with Gasteiger partial charge in [0, 0.05) is 0 Å². The van der Waals surface area contributed by atoms with E-state index in [2.05, 4.69) is 20.8 Å². The summed E-state index contributed by atoms with van der Waals surface area (Å²) < 4.78 is 1.60. The summed E-state index contributed by atoms with van der Waals surface area (Å²) in [6, 6.07) is 20.0. The Morgan fingerprint density at radius 1 is 0.875 bits per heavy atom. The number of hydrogen-bond donors (Lipinski definition) is 0. The van der Waals surface area contributed by atoms with Gasteiger partial charge < -0.3 is 0 Å². The minimum atomic E-state index is 0.809. The second kappa shape index (κ2) is 11.0. The van der Waals surface area contributed by atoms with Gasteiger partial charge in [-0.1, -0.05) is 0 Å². The van der Waals surface area contributed by atoms with Crippen LogP contribution < -0.4 is 0 Å². The van der Waals surface area contributed by atoms with Crippen molar-refractivity contribution in [2.24, 2.45) is 5.92 Å². The third-order valence-electron chi connectivity index (χ3n) is 1.98. The Morgan fingerprint density at radius 3 is 1.19 bits per heavy atom. The molecule has 0 aromatic heterocycles. The first-order chi connectivity index (χ1) is 7.64. The second-order valence-electron chi connectivity index (χ2n) is 3.76. The summed E-state index contributed by atoms with van der Waals surface area (Å²) in [4.78, 5) is 0. The van der Waals surface area contributed by atoms with Crippen LogP contribution in [0, 0.1) is 5.92 Å². The monoisotopic (exact) mass is 290 g/mol. The maximum Gasteiger partial charge on any atom is -0.172 e. The summed E-state index contributed by atoms with van der Waals surface area (Å²) in [6.45, 7) is 6.65. The second-order valence-corrected chi connectivity index (χ2v) is 5.70. The van der Waals surface area contributed by atoms with Crippen LogP contribution in [0.3, 0.4) is 0 Å². The van der Waals surface area contributed by atoms with E-state index < -0.39 is 0 Å². The summed E-state index contributed by atoms with van der Waals surface area (Å²) in [7, 11) is 0. The standard InChI is InChI=1S/2C5H5.C5H10.Zr/c2*1-2-4-5-3-1;1-4-5(2)3;/h2*1-5H;5H,1-3H3;/q2*-1;;+2. The van der Waals surface area contributed by atoms with E-state index in [1.165, 1.54) is 0 Å². The molecule has 1 heteroatoms. The molecule has 0 unspecified atom stereocenters. The zero-order chi connectivity index (χ0) is 12.2. The van der Waals surface area contributed by atoms with Gasteiger partial charge in [0.05, 0.1) is 0 Å². The molecule has 0 heterocycles. The topological polar surface area (TPSA) is 0 Å². The molecule has 84 valence electrons. The maximum absolute atomic E-state index is 2.23. The van der Waals surface area contributed by atoms with Crippen LogP contribution in [-0.2, 0) is 24.2 Å². The molecular formula is C15H20Zr. The zero-order valence-corrected chi connectivity index (χ0v) is 12.8. The molecule has 0 saturated heterocycles. The molecule has 0 N–H and O–H groups in total. The van der Waals surface area contributed by atoms with E-state index in [0.29, 0.717) is 0 Å². The van der Waals surface area contributed by atoms with Gasteiger partial charge in [0.1, 0.15) is 0 Å². The molecule has 0 atom stereocenters. The number of hydrogen-bond acceptors (Lipinski definition) is 0. The summed E-state index contributed by atoms with van der Waals surface area (Å²) in [5.74, 6) is 0.809. The smallest absolute Gasteiger partial charge is 0.172 e. The molecule has 0 aliphatic heterocycles. The van der Waals surface area contributed by atoms with E-state index in [1.807, 2.05) is 60.7 Å². The fourth-order valence-electron chi connectivity index (χ4n) is 0.642. The Labute approximate surface area is 114 Å². The van der Waals surface area contributed by atoms with Crippen LogP contribution >= 0.6 is 0 Å². The third kappa shape index (κ3) is 11.5. The summed E-state index contributed by atoms with van der Waals surface area (Å²) in [5, 5.41) is 0. The fraction of sp³-hybridized carbons (Fsp3) is 0.267. The van der Waals surface area contributed by atoms with E-state index in [1.54, 1.807) is 27.4 Å². The van der Waals surface area contributed by atoms with E-state index >= 15 is 0 Å². The molecule has 0 radical (unpaired) electrons. The molecule has 0 bridgehead atoms. The van der Waals surface area contributed by atoms with Crippen molar-refractivity contribution in [2.45, 2.75) is 20.8 Å². The largest absolute Gasteiger partial charge is 0.214 e. The van der Waals surface area contributed by atoms with Gasteiger partial charge in [-0.3, -0.25) is 0 Å². The SMILES string of the molecule is C[C](=[Zr+2])C(C)C.c1cc[cH-]c1.c1cc[cH-]c1. The maximum atomic E-state index is 2.23. The first kappa shape index (κ1) is 15.5. The molecule has 0 aliphatic rings. The molecule has 2 aromatic carbocycles. The minimum Gasteiger partial charge on any atom is -0.214 e. The Morgan fingerprint density at radius 2 is 1.12 bits per heavy atom. The van der Waals surface area contributed by atoms with Crippen LogP contribution in [0.4, 0.5) is 0 Å². The zero-order valence-electron chi connectivity index (χ0n) is 10.4. The Hall–Kier alpha value is -0.547. The predicted octanol–water partition coefficient (Wildman–Crippen LogP) is 4.19. The van der Waals surface area contributed by atoms with Crippen molar-refractivity contribution in [3.63, 3.8) is 0 Å². The molecule has 2 rings (SSSR count). The molecule has 0 fully saturated rings. The van der Waals surface area contributed by atoms with Crippen molar-refractivity contribution in [1.29, 1.82) is 0 Å². The van der Waals surface area contributed by atoms with Crippen molar-refractivity contribution >= 4 is 3.21 Å². The average Bonchev–Trinajstić information content (AvgIpc) is 2.97. The molecule has 0 spiro atoms. The summed E-state index contributed by atoms with van der Waals surface area (Å²) in [6.07, 6.45) is 0. The molecule has 0 nitrogen and oxygen atoms in total. The first-order valence-electron chi connectivity index (χ1n) is 5.53. The van der Waals surface area contributed by atoms with E-state index in [0.717, 1.165) is 5.92 Å². The van der Waals surface area contributed by atoms with Crippen molar-refractivity contribution < 1.29 is 24.2 Å². The van der Waals surface area contributed by atoms with Gasteiger partial charge in [-0.05, 0) is 0 Å². The Balaban J connectivity index is 0.000000211. The van der Waals surface area contributed by atoms with Gasteiger partial charge in [0.2, 0.25) is 0 Å². The van der Waals surface area contributed by atoms with E-state index in [-0.39, 0.29) is 0 Å². The first-order valence-corrected chi connectivity index (χ1v) is 6.76.